The Labute approximate surface area is 142 Å². The summed E-state index contributed by atoms with van der Waals surface area (Å²) in [5.74, 6) is 1.44. The van der Waals surface area contributed by atoms with Crippen molar-refractivity contribution in [3.05, 3.63) is 35.9 Å². The van der Waals surface area contributed by atoms with Gasteiger partial charge in [0.05, 0.1) is 6.54 Å². The predicted octanol–water partition coefficient (Wildman–Crippen LogP) is 3.09. The molecular formula is C18H21NO3S. The van der Waals surface area contributed by atoms with Gasteiger partial charge in [-0.15, -0.1) is 19.1 Å². The summed E-state index contributed by atoms with van der Waals surface area (Å²) in [6.45, 7) is 2.07. The second-order valence-electron chi connectivity index (χ2n) is 5.13. The van der Waals surface area contributed by atoms with Crippen molar-refractivity contribution in [2.24, 2.45) is 0 Å². The summed E-state index contributed by atoms with van der Waals surface area (Å²) in [4.78, 5) is 25.2. The van der Waals surface area contributed by atoms with Crippen LogP contribution < -0.4 is 0 Å². The highest BCUT2D eigenvalue weighted by molar-refractivity contribution is 7.80. The summed E-state index contributed by atoms with van der Waals surface area (Å²) < 4.78 is 0. The Bertz CT molecular complexity index is 619. The smallest absolute Gasteiger partial charge is 0.303 e. The van der Waals surface area contributed by atoms with Crippen LogP contribution in [-0.4, -0.2) is 34.5 Å². The van der Waals surface area contributed by atoms with Crippen molar-refractivity contribution < 1.29 is 14.7 Å². The van der Waals surface area contributed by atoms with Crippen LogP contribution in [-0.2, 0) is 9.59 Å². The molecule has 1 N–H and O–H groups in total. The van der Waals surface area contributed by atoms with E-state index in [1.807, 2.05) is 43.3 Å². The van der Waals surface area contributed by atoms with Crippen LogP contribution in [0.1, 0.15) is 31.7 Å². The molecule has 0 spiro atoms. The van der Waals surface area contributed by atoms with Gasteiger partial charge in [-0.1, -0.05) is 36.3 Å². The van der Waals surface area contributed by atoms with Crippen molar-refractivity contribution in [2.45, 2.75) is 37.1 Å². The van der Waals surface area contributed by atoms with Crippen LogP contribution in [0.4, 0.5) is 0 Å². The van der Waals surface area contributed by atoms with E-state index < -0.39 is 5.97 Å². The van der Waals surface area contributed by atoms with E-state index >= 15 is 0 Å². The Hall–Kier alpha value is -2.19. The minimum absolute atomic E-state index is 0.0210. The van der Waals surface area contributed by atoms with Crippen molar-refractivity contribution in [1.29, 1.82) is 0 Å². The summed E-state index contributed by atoms with van der Waals surface area (Å²) in [5, 5.41) is 8.64. The molecule has 0 aliphatic rings. The largest absolute Gasteiger partial charge is 0.481 e. The van der Waals surface area contributed by atoms with Gasteiger partial charge in [0.1, 0.15) is 0 Å². The van der Waals surface area contributed by atoms with Crippen LogP contribution in [0.25, 0.3) is 6.08 Å². The maximum absolute atomic E-state index is 12.2. The van der Waals surface area contributed by atoms with E-state index in [4.69, 9.17) is 11.5 Å². The van der Waals surface area contributed by atoms with Gasteiger partial charge in [0.25, 0.3) is 0 Å². The fourth-order valence-electron chi connectivity index (χ4n) is 2.07. The van der Waals surface area contributed by atoms with Crippen LogP contribution in [0.3, 0.4) is 0 Å². The summed E-state index contributed by atoms with van der Waals surface area (Å²) in [6, 6.07) is 7.46. The van der Waals surface area contributed by atoms with E-state index in [9.17, 15) is 9.59 Å². The quantitative estimate of drug-likeness (QED) is 0.568. The molecule has 1 atom stereocenters. The molecule has 0 bridgehead atoms. The van der Waals surface area contributed by atoms with Crippen LogP contribution >= 0.6 is 12.6 Å². The highest BCUT2D eigenvalue weighted by Gasteiger charge is 2.17. The molecule has 5 heteroatoms. The third-order valence-electron chi connectivity index (χ3n) is 3.35. The topological polar surface area (TPSA) is 57.6 Å². The van der Waals surface area contributed by atoms with Gasteiger partial charge in [-0.05, 0) is 25.0 Å². The average molecular weight is 331 g/mol. The maximum atomic E-state index is 12.2. The zero-order valence-corrected chi connectivity index (χ0v) is 14.0. The molecule has 0 radical (unpaired) electrons. The van der Waals surface area contributed by atoms with Gasteiger partial charge >= 0.3 is 5.97 Å². The zero-order chi connectivity index (χ0) is 17.2. The van der Waals surface area contributed by atoms with Gasteiger partial charge in [0.2, 0.25) is 5.91 Å². The molecule has 4 nitrogen and oxygen atoms in total. The molecule has 1 aromatic carbocycles. The molecule has 1 aromatic rings. The molecule has 122 valence electrons. The van der Waals surface area contributed by atoms with Crippen molar-refractivity contribution >= 4 is 30.6 Å². The summed E-state index contributed by atoms with van der Waals surface area (Å²) in [7, 11) is 0. The second-order valence-corrected chi connectivity index (χ2v) is 5.61. The van der Waals surface area contributed by atoms with E-state index in [1.54, 1.807) is 4.90 Å². The Morgan fingerprint density at radius 1 is 1.39 bits per heavy atom. The molecule has 0 fully saturated rings. The number of thiol groups is 1. The Morgan fingerprint density at radius 3 is 2.70 bits per heavy atom. The molecule has 0 saturated heterocycles. The van der Waals surface area contributed by atoms with E-state index in [0.29, 0.717) is 6.42 Å². The van der Waals surface area contributed by atoms with Crippen LogP contribution in [0.2, 0.25) is 0 Å². The third-order valence-corrected chi connectivity index (χ3v) is 3.75. The molecule has 1 amide bonds. The van der Waals surface area contributed by atoms with Gasteiger partial charge in [0, 0.05) is 23.8 Å². The summed E-state index contributed by atoms with van der Waals surface area (Å²) in [5.41, 5.74) is 0.960. The maximum Gasteiger partial charge on any atom is 0.303 e. The Morgan fingerprint density at radius 2 is 2.09 bits per heavy atom. The number of terminal acetylenes is 1. The highest BCUT2D eigenvalue weighted by atomic mass is 32.1. The Kier molecular flexibility index (Phi) is 8.00. The summed E-state index contributed by atoms with van der Waals surface area (Å²) >= 11 is 4.38. The molecule has 0 aromatic heterocycles. The molecular weight excluding hydrogens is 310 g/mol. The average Bonchev–Trinajstić information content (AvgIpc) is 2.51. The number of rotatable bonds is 8. The first-order valence-electron chi connectivity index (χ1n) is 7.36. The van der Waals surface area contributed by atoms with Gasteiger partial charge in [-0.25, -0.2) is 0 Å². The fraction of sp³-hybridized carbons (Fsp3) is 0.333. The molecule has 0 heterocycles. The number of carbonyl (C=O) groups is 2. The molecule has 1 unspecified atom stereocenters. The van der Waals surface area contributed by atoms with Crippen molar-refractivity contribution in [3.8, 4) is 12.3 Å². The number of benzene rings is 1. The van der Waals surface area contributed by atoms with E-state index in [-0.39, 0.29) is 31.3 Å². The number of carbonyl (C=O) groups excluding carboxylic acids is 1. The van der Waals surface area contributed by atoms with Crippen LogP contribution in [0.5, 0.6) is 0 Å². The lowest BCUT2D eigenvalue weighted by atomic mass is 10.1. The molecule has 1 rings (SSSR count). The number of amides is 1. The monoisotopic (exact) mass is 331 g/mol. The number of nitrogens with zero attached hydrogens (tertiary/aromatic N) is 1. The lowest BCUT2D eigenvalue weighted by Crippen LogP contribution is -2.37. The number of carboxylic acid groups (broad SMARTS) is 1. The number of hydrogen-bond donors (Lipinski definition) is 2. The van der Waals surface area contributed by atoms with Crippen LogP contribution in [0, 0.1) is 12.3 Å². The molecule has 0 aliphatic heterocycles. The van der Waals surface area contributed by atoms with Gasteiger partial charge in [-0.2, -0.15) is 0 Å². The first kappa shape index (κ1) is 18.9. The minimum Gasteiger partial charge on any atom is -0.481 e. The third kappa shape index (κ3) is 6.62. The Balaban J connectivity index is 2.72. The van der Waals surface area contributed by atoms with E-state index in [2.05, 4.69) is 18.5 Å². The van der Waals surface area contributed by atoms with Gasteiger partial charge < -0.3 is 10.0 Å². The van der Waals surface area contributed by atoms with Gasteiger partial charge in [0.15, 0.2) is 0 Å². The number of aliphatic carboxylic acids is 1. The number of carboxylic acids is 1. The standard InChI is InChI=1S/C18H21NO3S/c1-3-13-19(17(20)9-6-10-18(21)22)14(2)11-12-15-7-4-5-8-16(15)23/h1,4-5,7-8,11-12,14,23H,6,9-10,13H2,2H3,(H,21,22)/b12-11+. The highest BCUT2D eigenvalue weighted by Crippen LogP contribution is 2.16. The summed E-state index contributed by atoms with van der Waals surface area (Å²) in [6.07, 6.45) is 9.60. The van der Waals surface area contributed by atoms with Crippen molar-refractivity contribution in [2.75, 3.05) is 6.54 Å². The second kappa shape index (κ2) is 9.75. The van der Waals surface area contributed by atoms with Gasteiger partial charge in [-0.3, -0.25) is 9.59 Å². The lowest BCUT2D eigenvalue weighted by Gasteiger charge is -2.25. The predicted molar refractivity (Wildman–Crippen MR) is 94.2 cm³/mol. The zero-order valence-electron chi connectivity index (χ0n) is 13.1. The fourth-order valence-corrected chi connectivity index (χ4v) is 2.30. The van der Waals surface area contributed by atoms with Crippen molar-refractivity contribution in [1.82, 2.24) is 4.90 Å². The number of hydrogen-bond acceptors (Lipinski definition) is 3. The molecule has 0 aliphatic carbocycles. The van der Waals surface area contributed by atoms with E-state index in [0.717, 1.165) is 10.5 Å². The first-order valence-corrected chi connectivity index (χ1v) is 7.81. The SMILES string of the molecule is C#CCN(C(=O)CCCC(=O)O)C(C)/C=C/c1ccccc1S. The van der Waals surface area contributed by atoms with E-state index in [1.165, 1.54) is 0 Å². The molecule has 23 heavy (non-hydrogen) atoms. The minimum atomic E-state index is -0.903. The first-order chi connectivity index (χ1) is 11.0. The lowest BCUT2D eigenvalue weighted by molar-refractivity contribution is -0.137. The van der Waals surface area contributed by atoms with Crippen LogP contribution in [0.15, 0.2) is 35.2 Å². The molecule has 0 saturated carbocycles. The normalized spacial score (nSPS) is 11.9. The van der Waals surface area contributed by atoms with Crippen molar-refractivity contribution in [3.63, 3.8) is 0 Å².